The van der Waals surface area contributed by atoms with E-state index in [0.717, 1.165) is 11.0 Å². The number of carbonyl (C=O) groups excluding carboxylic acids is 1. The Bertz CT molecular complexity index is 449. The molecular weight excluding hydrogens is 320 g/mol. The van der Waals surface area contributed by atoms with Gasteiger partial charge in [0, 0.05) is 26.2 Å². The second-order valence-corrected chi connectivity index (χ2v) is 5.85. The zero-order chi connectivity index (χ0) is 15.1. The molecule has 0 spiro atoms. The molecule has 1 rings (SSSR count). The summed E-state index contributed by atoms with van der Waals surface area (Å²) in [5.41, 5.74) is 1.18. The first kappa shape index (κ1) is 17.0. The molecule has 0 saturated heterocycles. The molecule has 0 fully saturated rings. The van der Waals surface area contributed by atoms with Gasteiger partial charge in [0.15, 0.2) is 6.61 Å². The van der Waals surface area contributed by atoms with Crippen molar-refractivity contribution < 1.29 is 9.53 Å². The molecule has 1 amide bonds. The number of hydrogen-bond acceptors (Lipinski definition) is 3. The summed E-state index contributed by atoms with van der Waals surface area (Å²) in [6, 6.07) is 6.36. The van der Waals surface area contributed by atoms with Crippen LogP contribution < -0.4 is 10.1 Å². The zero-order valence-corrected chi connectivity index (χ0v) is 14.2. The van der Waals surface area contributed by atoms with Crippen molar-refractivity contribution in [2.45, 2.75) is 33.4 Å². The lowest BCUT2D eigenvalue weighted by molar-refractivity contribution is -0.131. The molecule has 1 aromatic rings. The van der Waals surface area contributed by atoms with Crippen molar-refractivity contribution in [1.29, 1.82) is 0 Å². The highest BCUT2D eigenvalue weighted by Crippen LogP contribution is 2.26. The van der Waals surface area contributed by atoms with Crippen LogP contribution in [0.15, 0.2) is 22.7 Å². The minimum Gasteiger partial charge on any atom is -0.483 e. The van der Waals surface area contributed by atoms with E-state index in [2.05, 4.69) is 35.1 Å². The fourth-order valence-corrected chi connectivity index (χ4v) is 2.06. The Hall–Kier alpha value is -1.07. The molecule has 20 heavy (non-hydrogen) atoms. The first-order valence-corrected chi connectivity index (χ1v) is 7.62. The fraction of sp³-hybridized carbons (Fsp3) is 0.533. The summed E-state index contributed by atoms with van der Waals surface area (Å²) in [6.07, 6.45) is 0. The Labute approximate surface area is 129 Å². The van der Waals surface area contributed by atoms with Crippen molar-refractivity contribution in [2.75, 3.05) is 20.2 Å². The van der Waals surface area contributed by atoms with Crippen LogP contribution in [0, 0.1) is 0 Å². The molecule has 0 unspecified atom stereocenters. The molecule has 1 aromatic carbocycles. The third-order valence-corrected chi connectivity index (χ3v) is 3.58. The van der Waals surface area contributed by atoms with E-state index in [0.29, 0.717) is 18.3 Å². The molecule has 0 saturated carbocycles. The van der Waals surface area contributed by atoms with Gasteiger partial charge in [0.25, 0.3) is 5.91 Å². The molecule has 112 valence electrons. The number of ether oxygens (including phenoxy) is 1. The number of carbonyl (C=O) groups is 1. The smallest absolute Gasteiger partial charge is 0.260 e. The molecule has 0 atom stereocenters. The molecule has 0 aliphatic carbocycles. The first-order chi connectivity index (χ1) is 9.43. The molecule has 0 bridgehead atoms. The third-order valence-electron chi connectivity index (χ3n) is 2.96. The van der Waals surface area contributed by atoms with Gasteiger partial charge in [0.2, 0.25) is 0 Å². The zero-order valence-electron chi connectivity index (χ0n) is 12.6. The van der Waals surface area contributed by atoms with E-state index in [-0.39, 0.29) is 12.5 Å². The monoisotopic (exact) mass is 342 g/mol. The van der Waals surface area contributed by atoms with Crippen molar-refractivity contribution in [3.8, 4) is 5.75 Å². The summed E-state index contributed by atoms with van der Waals surface area (Å²) in [4.78, 5) is 13.3. The largest absolute Gasteiger partial charge is 0.483 e. The molecule has 0 heterocycles. The average Bonchev–Trinajstić information content (AvgIpc) is 2.42. The Balaban J connectivity index is 2.57. The summed E-state index contributed by atoms with van der Waals surface area (Å²) in [7, 11) is 1.77. The van der Waals surface area contributed by atoms with Crippen LogP contribution in [-0.4, -0.2) is 37.0 Å². The summed E-state index contributed by atoms with van der Waals surface area (Å²) in [5, 5.41) is 3.36. The lowest BCUT2D eigenvalue weighted by Crippen LogP contribution is -2.31. The van der Waals surface area contributed by atoms with E-state index in [1.165, 1.54) is 5.56 Å². The Morgan fingerprint density at radius 3 is 2.70 bits per heavy atom. The van der Waals surface area contributed by atoms with Crippen molar-refractivity contribution in [3.05, 3.63) is 28.2 Å². The van der Waals surface area contributed by atoms with Gasteiger partial charge in [-0.2, -0.15) is 0 Å². The number of nitrogens with one attached hydrogen (secondary N) is 1. The minimum atomic E-state index is -0.0232. The van der Waals surface area contributed by atoms with Crippen LogP contribution in [0.5, 0.6) is 5.75 Å². The lowest BCUT2D eigenvalue weighted by atomic mass is 10.2. The molecule has 5 heteroatoms. The van der Waals surface area contributed by atoms with Crippen LogP contribution in [-0.2, 0) is 11.3 Å². The van der Waals surface area contributed by atoms with Crippen LogP contribution >= 0.6 is 15.9 Å². The van der Waals surface area contributed by atoms with E-state index in [9.17, 15) is 4.79 Å². The van der Waals surface area contributed by atoms with Crippen molar-refractivity contribution in [1.82, 2.24) is 10.2 Å². The average molecular weight is 343 g/mol. The van der Waals surface area contributed by atoms with Crippen LogP contribution in [0.3, 0.4) is 0 Å². The molecule has 0 aliphatic heterocycles. The Kier molecular flexibility index (Phi) is 7.02. The highest BCUT2D eigenvalue weighted by Gasteiger charge is 2.09. The molecule has 0 aromatic heterocycles. The van der Waals surface area contributed by atoms with Gasteiger partial charge in [0.1, 0.15) is 5.75 Å². The van der Waals surface area contributed by atoms with Crippen LogP contribution in [0.25, 0.3) is 0 Å². The molecule has 0 radical (unpaired) electrons. The predicted molar refractivity (Wildman–Crippen MR) is 84.9 cm³/mol. The summed E-state index contributed by atoms with van der Waals surface area (Å²) < 4.78 is 6.41. The molecule has 0 aliphatic rings. The van der Waals surface area contributed by atoms with E-state index in [1.54, 1.807) is 11.9 Å². The van der Waals surface area contributed by atoms with Gasteiger partial charge >= 0.3 is 0 Å². The number of hydrogen-bond donors (Lipinski definition) is 1. The van der Waals surface area contributed by atoms with Crippen LogP contribution in [0.2, 0.25) is 0 Å². The molecule has 4 nitrogen and oxygen atoms in total. The van der Waals surface area contributed by atoms with E-state index >= 15 is 0 Å². The van der Waals surface area contributed by atoms with E-state index < -0.39 is 0 Å². The normalized spacial score (nSPS) is 10.7. The highest BCUT2D eigenvalue weighted by molar-refractivity contribution is 9.10. The number of amides is 1. The van der Waals surface area contributed by atoms with Crippen molar-refractivity contribution >= 4 is 21.8 Å². The minimum absolute atomic E-state index is 0.0232. The maximum absolute atomic E-state index is 11.7. The maximum Gasteiger partial charge on any atom is 0.260 e. The predicted octanol–water partition coefficient (Wildman–Crippen LogP) is 2.80. The van der Waals surface area contributed by atoms with Gasteiger partial charge in [-0.15, -0.1) is 0 Å². The number of likely N-dealkylation sites (N-methyl/N-ethyl adjacent to an activating group) is 1. The van der Waals surface area contributed by atoms with Gasteiger partial charge < -0.3 is 15.0 Å². The quantitative estimate of drug-likeness (QED) is 0.828. The van der Waals surface area contributed by atoms with Gasteiger partial charge in [-0.25, -0.2) is 0 Å². The number of nitrogens with zero attached hydrogens (tertiary/aromatic N) is 1. The number of halogens is 1. The van der Waals surface area contributed by atoms with E-state index in [1.807, 2.05) is 25.1 Å². The second kappa shape index (κ2) is 8.27. The Morgan fingerprint density at radius 1 is 1.45 bits per heavy atom. The van der Waals surface area contributed by atoms with Crippen molar-refractivity contribution in [3.63, 3.8) is 0 Å². The topological polar surface area (TPSA) is 41.6 Å². The summed E-state index contributed by atoms with van der Waals surface area (Å²) >= 11 is 3.48. The first-order valence-electron chi connectivity index (χ1n) is 6.82. The fourth-order valence-electron chi connectivity index (χ4n) is 1.52. The van der Waals surface area contributed by atoms with Gasteiger partial charge in [-0.3, -0.25) is 4.79 Å². The van der Waals surface area contributed by atoms with Crippen LogP contribution in [0.4, 0.5) is 0 Å². The maximum atomic E-state index is 11.7. The van der Waals surface area contributed by atoms with Gasteiger partial charge in [-0.05, 0) is 40.5 Å². The summed E-state index contributed by atoms with van der Waals surface area (Å²) in [5.74, 6) is 0.668. The standard InChI is InChI=1S/C15H23BrN2O2/c1-5-18(4)15(19)10-20-14-7-6-12(8-13(14)16)9-17-11(2)3/h6-8,11,17H,5,9-10H2,1-4H3. The number of rotatable bonds is 7. The van der Waals surface area contributed by atoms with Gasteiger partial charge in [0.05, 0.1) is 4.47 Å². The third kappa shape index (κ3) is 5.51. The van der Waals surface area contributed by atoms with Crippen LogP contribution in [0.1, 0.15) is 26.3 Å². The SMILES string of the molecule is CCN(C)C(=O)COc1ccc(CNC(C)C)cc1Br. The summed E-state index contributed by atoms with van der Waals surface area (Å²) in [6.45, 7) is 7.72. The number of benzene rings is 1. The van der Waals surface area contributed by atoms with Crippen molar-refractivity contribution in [2.24, 2.45) is 0 Å². The molecular formula is C15H23BrN2O2. The van der Waals surface area contributed by atoms with E-state index in [4.69, 9.17) is 4.74 Å². The lowest BCUT2D eigenvalue weighted by Gasteiger charge is -2.16. The molecule has 1 N–H and O–H groups in total. The highest BCUT2D eigenvalue weighted by atomic mass is 79.9. The Morgan fingerprint density at radius 2 is 2.15 bits per heavy atom. The second-order valence-electron chi connectivity index (χ2n) is 5.00. The van der Waals surface area contributed by atoms with Gasteiger partial charge in [-0.1, -0.05) is 19.9 Å².